The smallest absolute Gasteiger partial charge is 0.344 e. The van der Waals surface area contributed by atoms with E-state index in [0.29, 0.717) is 12.3 Å². The second-order valence-corrected chi connectivity index (χ2v) is 5.28. The maximum absolute atomic E-state index is 12.4. The Morgan fingerprint density at radius 1 is 1.14 bits per heavy atom. The average Bonchev–Trinajstić information content (AvgIpc) is 2.94. The molecule has 2 aromatic carbocycles. The standard InChI is InChI=1S/C18H17NO3/c1-22-17(20)18(21)15(13-8-4-2-5-9-13)12-19-16(18)14-10-6-3-7-11-14/h2-11,15,21H,12H2,1H3/t15?,18-/m1/s1. The number of nitrogens with zero attached hydrogens (tertiary/aromatic N) is 1. The average molecular weight is 295 g/mol. The van der Waals surface area contributed by atoms with E-state index in [4.69, 9.17) is 4.74 Å². The van der Waals surface area contributed by atoms with Crippen molar-refractivity contribution in [3.8, 4) is 0 Å². The van der Waals surface area contributed by atoms with E-state index < -0.39 is 17.5 Å². The molecule has 0 saturated heterocycles. The molecule has 22 heavy (non-hydrogen) atoms. The van der Waals surface area contributed by atoms with Crippen molar-refractivity contribution >= 4 is 11.7 Å². The summed E-state index contributed by atoms with van der Waals surface area (Å²) in [5.41, 5.74) is 0.199. The van der Waals surface area contributed by atoms with Gasteiger partial charge in [-0.25, -0.2) is 4.79 Å². The molecule has 1 aliphatic rings. The number of benzene rings is 2. The van der Waals surface area contributed by atoms with Crippen molar-refractivity contribution < 1.29 is 14.6 Å². The normalized spacial score (nSPS) is 23.9. The minimum atomic E-state index is -1.77. The van der Waals surface area contributed by atoms with Crippen LogP contribution in [0, 0.1) is 0 Å². The van der Waals surface area contributed by atoms with Crippen LogP contribution in [0.15, 0.2) is 65.7 Å². The van der Waals surface area contributed by atoms with Crippen molar-refractivity contribution in [1.82, 2.24) is 0 Å². The second kappa shape index (κ2) is 5.73. The summed E-state index contributed by atoms with van der Waals surface area (Å²) in [6.07, 6.45) is 0. The fraction of sp³-hybridized carbons (Fsp3) is 0.222. The zero-order valence-corrected chi connectivity index (χ0v) is 12.3. The molecule has 4 nitrogen and oxygen atoms in total. The first-order valence-corrected chi connectivity index (χ1v) is 7.14. The molecule has 3 rings (SSSR count). The molecule has 0 radical (unpaired) electrons. The molecular weight excluding hydrogens is 278 g/mol. The molecule has 0 fully saturated rings. The van der Waals surface area contributed by atoms with Crippen molar-refractivity contribution in [3.05, 3.63) is 71.8 Å². The van der Waals surface area contributed by atoms with Crippen LogP contribution in [0.25, 0.3) is 0 Å². The van der Waals surface area contributed by atoms with Crippen molar-refractivity contribution in [2.75, 3.05) is 13.7 Å². The Labute approximate surface area is 129 Å². The Morgan fingerprint density at radius 2 is 1.73 bits per heavy atom. The van der Waals surface area contributed by atoms with E-state index in [1.54, 1.807) is 0 Å². The van der Waals surface area contributed by atoms with Gasteiger partial charge in [-0.3, -0.25) is 4.99 Å². The van der Waals surface area contributed by atoms with Gasteiger partial charge in [0.15, 0.2) is 0 Å². The molecule has 2 atom stereocenters. The minimum Gasteiger partial charge on any atom is -0.467 e. The fourth-order valence-corrected chi connectivity index (χ4v) is 2.93. The molecule has 1 unspecified atom stereocenters. The highest BCUT2D eigenvalue weighted by atomic mass is 16.5. The van der Waals surface area contributed by atoms with Gasteiger partial charge in [-0.05, 0) is 11.1 Å². The first-order valence-electron chi connectivity index (χ1n) is 7.14. The summed E-state index contributed by atoms with van der Waals surface area (Å²) >= 11 is 0. The molecule has 0 bridgehead atoms. The molecule has 0 aliphatic carbocycles. The Morgan fingerprint density at radius 3 is 2.32 bits per heavy atom. The minimum absolute atomic E-state index is 0.347. The number of aliphatic hydroxyl groups is 1. The van der Waals surface area contributed by atoms with E-state index in [1.807, 2.05) is 60.7 Å². The Bertz CT molecular complexity index is 697. The van der Waals surface area contributed by atoms with Crippen LogP contribution in [0.5, 0.6) is 0 Å². The highest BCUT2D eigenvalue weighted by Gasteiger charge is 2.53. The van der Waals surface area contributed by atoms with Gasteiger partial charge >= 0.3 is 5.97 Å². The number of methoxy groups -OCH3 is 1. The van der Waals surface area contributed by atoms with E-state index in [1.165, 1.54) is 7.11 Å². The summed E-state index contributed by atoms with van der Waals surface area (Å²) in [6, 6.07) is 18.7. The largest absolute Gasteiger partial charge is 0.467 e. The summed E-state index contributed by atoms with van der Waals surface area (Å²) in [5, 5.41) is 11.2. The molecule has 0 aromatic heterocycles. The Hall–Kier alpha value is -2.46. The highest BCUT2D eigenvalue weighted by Crippen LogP contribution is 2.38. The van der Waals surface area contributed by atoms with Crippen molar-refractivity contribution in [3.63, 3.8) is 0 Å². The molecule has 0 spiro atoms. The first-order chi connectivity index (χ1) is 10.7. The highest BCUT2D eigenvalue weighted by molar-refractivity contribution is 6.20. The molecule has 1 aliphatic heterocycles. The molecule has 0 amide bonds. The van der Waals surface area contributed by atoms with E-state index in [0.717, 1.165) is 11.1 Å². The first kappa shape index (κ1) is 14.5. The van der Waals surface area contributed by atoms with Crippen LogP contribution in [-0.4, -0.2) is 36.0 Å². The summed E-state index contributed by atoms with van der Waals surface area (Å²) in [5.74, 6) is -1.13. The lowest BCUT2D eigenvalue weighted by Crippen LogP contribution is -2.50. The van der Waals surface area contributed by atoms with Crippen molar-refractivity contribution in [1.29, 1.82) is 0 Å². The van der Waals surface area contributed by atoms with Crippen LogP contribution in [0.3, 0.4) is 0 Å². The SMILES string of the molecule is COC(=O)[C@]1(O)C(c2ccccc2)=NCC1c1ccccc1. The van der Waals surface area contributed by atoms with Crippen molar-refractivity contribution in [2.24, 2.45) is 4.99 Å². The number of esters is 1. The molecule has 2 aromatic rings. The Kier molecular flexibility index (Phi) is 3.77. The molecule has 1 N–H and O–H groups in total. The number of hydrogen-bond acceptors (Lipinski definition) is 4. The lowest BCUT2D eigenvalue weighted by molar-refractivity contribution is -0.156. The maximum atomic E-state index is 12.4. The maximum Gasteiger partial charge on any atom is 0.344 e. The third kappa shape index (κ3) is 2.22. The van der Waals surface area contributed by atoms with Gasteiger partial charge in [-0.15, -0.1) is 0 Å². The summed E-state index contributed by atoms with van der Waals surface area (Å²) in [6.45, 7) is 0.347. The van der Waals surface area contributed by atoms with Gasteiger partial charge in [-0.1, -0.05) is 60.7 Å². The van der Waals surface area contributed by atoms with Gasteiger partial charge in [0.2, 0.25) is 5.60 Å². The van der Waals surface area contributed by atoms with E-state index in [-0.39, 0.29) is 0 Å². The number of aliphatic imine (C=N–C) groups is 1. The lowest BCUT2D eigenvalue weighted by atomic mass is 9.79. The second-order valence-electron chi connectivity index (χ2n) is 5.28. The lowest BCUT2D eigenvalue weighted by Gasteiger charge is -2.29. The van der Waals surface area contributed by atoms with E-state index in [9.17, 15) is 9.90 Å². The van der Waals surface area contributed by atoms with E-state index in [2.05, 4.69) is 4.99 Å². The van der Waals surface area contributed by atoms with Crippen LogP contribution < -0.4 is 0 Å². The van der Waals surface area contributed by atoms with Gasteiger partial charge in [0, 0.05) is 5.92 Å². The predicted octanol–water partition coefficient (Wildman–Crippen LogP) is 2.18. The van der Waals surface area contributed by atoms with Crippen LogP contribution in [0.2, 0.25) is 0 Å². The number of carbonyl (C=O) groups is 1. The third-order valence-corrected chi connectivity index (χ3v) is 4.04. The molecule has 0 saturated carbocycles. The predicted molar refractivity (Wildman–Crippen MR) is 84.0 cm³/mol. The molecular formula is C18H17NO3. The van der Waals surface area contributed by atoms with Gasteiger partial charge in [0.05, 0.1) is 19.4 Å². The number of carbonyl (C=O) groups excluding carboxylic acids is 1. The zero-order valence-electron chi connectivity index (χ0n) is 12.3. The monoisotopic (exact) mass is 295 g/mol. The number of hydrogen-bond donors (Lipinski definition) is 1. The van der Waals surface area contributed by atoms with E-state index >= 15 is 0 Å². The topological polar surface area (TPSA) is 58.9 Å². The quantitative estimate of drug-likeness (QED) is 0.883. The van der Waals surface area contributed by atoms with Crippen molar-refractivity contribution in [2.45, 2.75) is 11.5 Å². The van der Waals surface area contributed by atoms with Gasteiger partial charge in [-0.2, -0.15) is 0 Å². The summed E-state index contributed by atoms with van der Waals surface area (Å²) in [4.78, 5) is 16.8. The van der Waals surface area contributed by atoms with Crippen LogP contribution in [-0.2, 0) is 9.53 Å². The summed E-state index contributed by atoms with van der Waals surface area (Å²) < 4.78 is 4.87. The van der Waals surface area contributed by atoms with Crippen LogP contribution >= 0.6 is 0 Å². The van der Waals surface area contributed by atoms with Gasteiger partial charge in [0.1, 0.15) is 0 Å². The van der Waals surface area contributed by atoms with Crippen LogP contribution in [0.4, 0.5) is 0 Å². The molecule has 4 heteroatoms. The van der Waals surface area contributed by atoms with Gasteiger partial charge < -0.3 is 9.84 Å². The zero-order chi connectivity index (χ0) is 15.6. The third-order valence-electron chi connectivity index (χ3n) is 4.04. The van der Waals surface area contributed by atoms with Gasteiger partial charge in [0.25, 0.3) is 0 Å². The fourth-order valence-electron chi connectivity index (χ4n) is 2.93. The van der Waals surface area contributed by atoms with Crippen LogP contribution in [0.1, 0.15) is 17.0 Å². The summed E-state index contributed by atoms with van der Waals surface area (Å²) in [7, 11) is 1.28. The Balaban J connectivity index is 2.08. The number of ether oxygens (including phenoxy) is 1. The molecule has 112 valence electrons. The molecule has 1 heterocycles. The number of rotatable bonds is 3.